The lowest BCUT2D eigenvalue weighted by molar-refractivity contribution is -0.0140. The fourth-order valence-electron chi connectivity index (χ4n) is 1.68. The normalized spacial score (nSPS) is 15.6. The molecule has 0 bridgehead atoms. The minimum absolute atomic E-state index is 0.202. The molecule has 0 saturated heterocycles. The molecule has 0 amide bonds. The maximum absolute atomic E-state index is 10.4. The Kier molecular flexibility index (Phi) is 3.57. The van der Waals surface area contributed by atoms with Crippen LogP contribution in [-0.4, -0.2) is 5.11 Å². The summed E-state index contributed by atoms with van der Waals surface area (Å²) >= 11 is 5.80. The first-order valence-corrected chi connectivity index (χ1v) is 5.37. The van der Waals surface area contributed by atoms with Crippen molar-refractivity contribution in [1.82, 2.24) is 0 Å². The first-order chi connectivity index (χ1) is 6.50. The molecular weight excluding hydrogens is 196 g/mol. The predicted molar refractivity (Wildman–Crippen MR) is 60.5 cm³/mol. The third kappa shape index (κ3) is 2.10. The molecule has 0 aliphatic rings. The van der Waals surface area contributed by atoms with Gasteiger partial charge in [0.15, 0.2) is 0 Å². The molecule has 0 unspecified atom stereocenters. The third-order valence-corrected chi connectivity index (χ3v) is 3.09. The smallest absolute Gasteiger partial charge is 0.0916 e. The average Bonchev–Trinajstić information content (AvgIpc) is 2.17. The lowest BCUT2D eigenvalue weighted by Gasteiger charge is -2.31. The summed E-state index contributed by atoms with van der Waals surface area (Å²) in [5.74, 6) is 0.202. The number of hydrogen-bond acceptors (Lipinski definition) is 1. The van der Waals surface area contributed by atoms with Crippen LogP contribution in [0.4, 0.5) is 0 Å². The summed E-state index contributed by atoms with van der Waals surface area (Å²) in [4.78, 5) is 0. The van der Waals surface area contributed by atoms with Crippen LogP contribution in [0.3, 0.4) is 0 Å². The molecule has 14 heavy (non-hydrogen) atoms. The van der Waals surface area contributed by atoms with E-state index in [0.29, 0.717) is 11.4 Å². The second kappa shape index (κ2) is 4.33. The lowest BCUT2D eigenvalue weighted by atomic mass is 9.81. The van der Waals surface area contributed by atoms with Gasteiger partial charge in [0.2, 0.25) is 0 Å². The van der Waals surface area contributed by atoms with E-state index in [1.807, 2.05) is 45.0 Å². The summed E-state index contributed by atoms with van der Waals surface area (Å²) in [5, 5.41) is 11.1. The van der Waals surface area contributed by atoms with Crippen LogP contribution in [0.5, 0.6) is 0 Å². The van der Waals surface area contributed by atoms with Gasteiger partial charge in [-0.2, -0.15) is 0 Å². The molecule has 1 N–H and O–H groups in total. The Hall–Kier alpha value is -0.530. The minimum atomic E-state index is -0.732. The van der Waals surface area contributed by atoms with E-state index in [1.165, 1.54) is 0 Å². The van der Waals surface area contributed by atoms with Crippen molar-refractivity contribution >= 4 is 11.6 Å². The molecule has 1 aromatic carbocycles. The van der Waals surface area contributed by atoms with Crippen LogP contribution >= 0.6 is 11.6 Å². The Morgan fingerprint density at radius 3 is 2.14 bits per heavy atom. The molecule has 0 heterocycles. The Morgan fingerprint density at radius 2 is 1.79 bits per heavy atom. The molecule has 1 nitrogen and oxygen atoms in total. The van der Waals surface area contributed by atoms with E-state index in [1.54, 1.807) is 0 Å². The zero-order valence-corrected chi connectivity index (χ0v) is 9.67. The zero-order chi connectivity index (χ0) is 10.8. The Balaban J connectivity index is 3.06. The molecule has 1 rings (SSSR count). The molecule has 78 valence electrons. The van der Waals surface area contributed by atoms with E-state index in [4.69, 9.17) is 11.6 Å². The van der Waals surface area contributed by atoms with Crippen molar-refractivity contribution in [2.45, 2.75) is 32.8 Å². The molecule has 1 aromatic rings. The first kappa shape index (κ1) is 11.5. The highest BCUT2D eigenvalue weighted by atomic mass is 35.5. The van der Waals surface area contributed by atoms with Crippen molar-refractivity contribution in [1.29, 1.82) is 0 Å². The summed E-state index contributed by atoms with van der Waals surface area (Å²) < 4.78 is 0. The molecule has 0 radical (unpaired) electrons. The van der Waals surface area contributed by atoms with Gasteiger partial charge in [-0.25, -0.2) is 0 Å². The van der Waals surface area contributed by atoms with E-state index in [-0.39, 0.29) is 5.92 Å². The van der Waals surface area contributed by atoms with Gasteiger partial charge in [0.05, 0.1) is 5.60 Å². The van der Waals surface area contributed by atoms with Crippen LogP contribution in [0, 0.1) is 5.92 Å². The highest BCUT2D eigenvalue weighted by molar-refractivity contribution is 6.30. The largest absolute Gasteiger partial charge is 0.385 e. The number of aliphatic hydroxyl groups is 1. The van der Waals surface area contributed by atoms with E-state index in [2.05, 4.69) is 0 Å². The van der Waals surface area contributed by atoms with Crippen LogP contribution in [0.15, 0.2) is 24.3 Å². The summed E-state index contributed by atoms with van der Waals surface area (Å²) in [6, 6.07) is 7.43. The number of benzene rings is 1. The topological polar surface area (TPSA) is 20.2 Å². The van der Waals surface area contributed by atoms with Gasteiger partial charge in [-0.1, -0.05) is 44.5 Å². The van der Waals surface area contributed by atoms with Crippen molar-refractivity contribution in [3.05, 3.63) is 34.9 Å². The summed E-state index contributed by atoms with van der Waals surface area (Å²) in [6.45, 7) is 6.05. The summed E-state index contributed by atoms with van der Waals surface area (Å²) in [6.07, 6.45) is 0.715. The van der Waals surface area contributed by atoms with Crippen molar-refractivity contribution in [2.24, 2.45) is 5.92 Å². The molecule has 0 fully saturated rings. The quantitative estimate of drug-likeness (QED) is 0.812. The monoisotopic (exact) mass is 212 g/mol. The predicted octanol–water partition coefficient (Wildman–Crippen LogP) is 3.59. The molecule has 1 atom stereocenters. The van der Waals surface area contributed by atoms with Gasteiger partial charge in [0.25, 0.3) is 0 Å². The SMILES string of the molecule is CC[C@@](O)(c1ccc(Cl)cc1)C(C)C. The highest BCUT2D eigenvalue weighted by Crippen LogP contribution is 2.33. The standard InChI is InChI=1S/C12H17ClO/c1-4-12(14,9(2)3)10-5-7-11(13)8-6-10/h5-9,14H,4H2,1-3H3/t12-/m0/s1. The van der Waals surface area contributed by atoms with Gasteiger partial charge in [-0.05, 0) is 30.0 Å². The maximum Gasteiger partial charge on any atom is 0.0916 e. The first-order valence-electron chi connectivity index (χ1n) is 4.99. The van der Waals surface area contributed by atoms with E-state index in [0.717, 1.165) is 5.56 Å². The third-order valence-electron chi connectivity index (χ3n) is 2.84. The molecule has 2 heteroatoms. The second-order valence-corrected chi connectivity index (χ2v) is 4.38. The van der Waals surface area contributed by atoms with Gasteiger partial charge in [-0.3, -0.25) is 0 Å². The lowest BCUT2D eigenvalue weighted by Crippen LogP contribution is -2.30. The fourth-order valence-corrected chi connectivity index (χ4v) is 1.81. The molecule has 0 spiro atoms. The van der Waals surface area contributed by atoms with Crippen molar-refractivity contribution in [3.63, 3.8) is 0 Å². The number of halogens is 1. The highest BCUT2D eigenvalue weighted by Gasteiger charge is 2.30. The summed E-state index contributed by atoms with van der Waals surface area (Å²) in [5.41, 5.74) is 0.212. The van der Waals surface area contributed by atoms with Crippen LogP contribution in [0.2, 0.25) is 5.02 Å². The van der Waals surface area contributed by atoms with Crippen molar-refractivity contribution in [2.75, 3.05) is 0 Å². The van der Waals surface area contributed by atoms with E-state index >= 15 is 0 Å². The molecule has 0 aliphatic heterocycles. The minimum Gasteiger partial charge on any atom is -0.385 e. The van der Waals surface area contributed by atoms with Crippen LogP contribution in [0.25, 0.3) is 0 Å². The summed E-state index contributed by atoms with van der Waals surface area (Å²) in [7, 11) is 0. The molecule has 0 aromatic heterocycles. The number of rotatable bonds is 3. The number of hydrogen-bond donors (Lipinski definition) is 1. The molecule has 0 saturated carbocycles. The van der Waals surface area contributed by atoms with E-state index in [9.17, 15) is 5.11 Å². The second-order valence-electron chi connectivity index (χ2n) is 3.94. The van der Waals surface area contributed by atoms with Crippen LogP contribution < -0.4 is 0 Å². The van der Waals surface area contributed by atoms with Gasteiger partial charge >= 0.3 is 0 Å². The Morgan fingerprint density at radius 1 is 1.29 bits per heavy atom. The van der Waals surface area contributed by atoms with Gasteiger partial charge in [0, 0.05) is 5.02 Å². The van der Waals surface area contributed by atoms with Gasteiger partial charge in [0.1, 0.15) is 0 Å². The van der Waals surface area contributed by atoms with Crippen molar-refractivity contribution < 1.29 is 5.11 Å². The fraction of sp³-hybridized carbons (Fsp3) is 0.500. The molecular formula is C12H17ClO. The Bertz CT molecular complexity index is 292. The maximum atomic E-state index is 10.4. The zero-order valence-electron chi connectivity index (χ0n) is 8.92. The van der Waals surface area contributed by atoms with Crippen LogP contribution in [0.1, 0.15) is 32.8 Å². The average molecular weight is 213 g/mol. The Labute approximate surface area is 90.7 Å². The van der Waals surface area contributed by atoms with Gasteiger partial charge in [-0.15, -0.1) is 0 Å². The van der Waals surface area contributed by atoms with E-state index < -0.39 is 5.60 Å². The van der Waals surface area contributed by atoms with Crippen LogP contribution in [-0.2, 0) is 5.60 Å². The van der Waals surface area contributed by atoms with Crippen molar-refractivity contribution in [3.8, 4) is 0 Å². The van der Waals surface area contributed by atoms with Gasteiger partial charge < -0.3 is 5.11 Å². The molecule has 0 aliphatic carbocycles.